The number of unbranched alkanes of at least 4 members (excludes halogenated alkanes) is 1. The first-order chi connectivity index (χ1) is 38.2. The summed E-state index contributed by atoms with van der Waals surface area (Å²) in [6.07, 6.45) is 0.991. The van der Waals surface area contributed by atoms with Crippen molar-refractivity contribution in [2.24, 2.45) is 17.8 Å². The minimum absolute atomic E-state index is 0.00868. The van der Waals surface area contributed by atoms with Crippen LogP contribution >= 0.6 is 11.3 Å². The van der Waals surface area contributed by atoms with Gasteiger partial charge in [0.2, 0.25) is 23.6 Å². The summed E-state index contributed by atoms with van der Waals surface area (Å²) >= 11 is 1.07. The number of ketones is 2. The van der Waals surface area contributed by atoms with Crippen molar-refractivity contribution >= 4 is 65.0 Å². The summed E-state index contributed by atoms with van der Waals surface area (Å²) in [6, 6.07) is 3.55. The Morgan fingerprint density at radius 2 is 1.47 bits per heavy atom. The first kappa shape index (κ1) is 71.3. The molecule has 22 heteroatoms. The number of alkyl carbamates (subject to hydrolysis) is 1. The summed E-state index contributed by atoms with van der Waals surface area (Å²) in [7, 11) is 6.87. The van der Waals surface area contributed by atoms with Crippen LogP contribution in [0.2, 0.25) is 0 Å². The van der Waals surface area contributed by atoms with Gasteiger partial charge < -0.3 is 50.4 Å². The maximum absolute atomic E-state index is 14.7. The molecule has 0 radical (unpaired) electrons. The van der Waals surface area contributed by atoms with Crippen molar-refractivity contribution in [3.05, 3.63) is 51.5 Å². The lowest BCUT2D eigenvalue weighted by atomic mass is 9.81. The van der Waals surface area contributed by atoms with Gasteiger partial charge in [0.1, 0.15) is 28.9 Å². The van der Waals surface area contributed by atoms with E-state index < -0.39 is 77.7 Å². The Balaban J connectivity index is 2.45. The van der Waals surface area contributed by atoms with Gasteiger partial charge in [-0.15, -0.1) is 11.3 Å². The standard InChI is InChI=1S/C59H96N8O13S/c1-16-39(6)45(33-51(70)59(10,11)66(12)13)57(75)67(14)48(37(3)4)34-50(56-65-47(35-81-56)55(74)63-44(31-40(7)79-36-68)32-43-25-23-38(5)24-26-43)80-58(76)62-42(9)53(72)61-41(8)54(73)64-46(21-18-19-27-60-52(71)17-2)49(69)22-20-28-78-30-29-77-15/h23-26,35-37,39-42,44-46,48,50H,16-22,27-34H2,1-15H3,(H,60,71)(H,61,72)(H,62,76)(H,63,74)(H,64,73)/t39?,40?,41?,42?,44-,45+,46?,48-,50-/m1/s1. The highest BCUT2D eigenvalue weighted by atomic mass is 32.1. The first-order valence-corrected chi connectivity index (χ1v) is 29.4. The molecular formula is C59H96N8O13S. The topological polar surface area (TPSA) is 270 Å². The molecule has 0 aliphatic heterocycles. The first-order valence-electron chi connectivity index (χ1n) is 28.5. The number of thiazole rings is 1. The molecule has 0 aliphatic rings. The third kappa shape index (κ3) is 25.0. The summed E-state index contributed by atoms with van der Waals surface area (Å²) in [5.41, 5.74) is 1.22. The number of aromatic nitrogens is 1. The number of nitrogens with zero attached hydrogens (tertiary/aromatic N) is 3. The van der Waals surface area contributed by atoms with Crippen LogP contribution in [0.4, 0.5) is 4.79 Å². The van der Waals surface area contributed by atoms with Gasteiger partial charge in [0.05, 0.1) is 24.8 Å². The summed E-state index contributed by atoms with van der Waals surface area (Å²) in [5, 5.41) is 15.6. The zero-order chi connectivity index (χ0) is 61.0. The zero-order valence-corrected chi connectivity index (χ0v) is 51.7. The quantitative estimate of drug-likeness (QED) is 0.0355. The van der Waals surface area contributed by atoms with Crippen molar-refractivity contribution < 1.29 is 62.1 Å². The number of aryl methyl sites for hydroxylation is 1. The average Bonchev–Trinajstić information content (AvgIpc) is 3.99. The van der Waals surface area contributed by atoms with E-state index in [-0.39, 0.29) is 65.2 Å². The second-order valence-corrected chi connectivity index (χ2v) is 23.1. The molecule has 2 rings (SSSR count). The van der Waals surface area contributed by atoms with Gasteiger partial charge in [0.25, 0.3) is 12.4 Å². The van der Waals surface area contributed by atoms with E-state index >= 15 is 0 Å². The second-order valence-electron chi connectivity index (χ2n) is 22.2. The van der Waals surface area contributed by atoms with Crippen LogP contribution in [0, 0.1) is 24.7 Å². The van der Waals surface area contributed by atoms with Crippen LogP contribution in [0.1, 0.15) is 166 Å². The molecule has 21 nitrogen and oxygen atoms in total. The van der Waals surface area contributed by atoms with Crippen LogP contribution in [0.3, 0.4) is 0 Å². The lowest BCUT2D eigenvalue weighted by Crippen LogP contribution is -2.54. The van der Waals surface area contributed by atoms with E-state index in [9.17, 15) is 43.2 Å². The Kier molecular flexibility index (Phi) is 32.2. The molecule has 0 spiro atoms. The molecular weight excluding hydrogens is 1060 g/mol. The SMILES string of the molecule is CCC(=O)NCCCCC(NC(=O)C(C)NC(=O)C(C)NC(=O)O[C@H](C[C@H](C(C)C)N(C)C(=O)[C@@H](CC(=O)C(C)(C)N(C)C)C(C)CC)c1nc(C(=O)N[C@@H](Cc2ccc(C)cc2)CC(C)OC=O)cs1)C(=O)CCCOCCOC. The molecule has 9 atom stereocenters. The number of hydrogen-bond acceptors (Lipinski definition) is 16. The molecule has 0 bridgehead atoms. The smallest absolute Gasteiger partial charge is 0.408 e. The van der Waals surface area contributed by atoms with Gasteiger partial charge in [-0.2, -0.15) is 0 Å². The van der Waals surface area contributed by atoms with Gasteiger partial charge in [-0.3, -0.25) is 43.3 Å². The van der Waals surface area contributed by atoms with Crippen LogP contribution in [-0.2, 0) is 58.9 Å². The Bertz CT molecular complexity index is 2310. The molecule has 81 heavy (non-hydrogen) atoms. The molecule has 1 aromatic heterocycles. The van der Waals surface area contributed by atoms with Gasteiger partial charge in [0, 0.05) is 82.8 Å². The predicted molar refractivity (Wildman–Crippen MR) is 311 cm³/mol. The number of ether oxygens (including phenoxy) is 4. The maximum Gasteiger partial charge on any atom is 0.408 e. The number of benzene rings is 1. The minimum Gasteiger partial charge on any atom is -0.465 e. The molecule has 1 aromatic carbocycles. The van der Waals surface area contributed by atoms with Crippen LogP contribution in [0.25, 0.3) is 0 Å². The molecule has 6 amide bonds. The molecule has 0 aliphatic carbocycles. The lowest BCUT2D eigenvalue weighted by Gasteiger charge is -2.38. The van der Waals surface area contributed by atoms with Gasteiger partial charge in [-0.05, 0) is 105 Å². The maximum atomic E-state index is 14.7. The highest BCUT2D eigenvalue weighted by Gasteiger charge is 2.39. The van der Waals surface area contributed by atoms with Crippen molar-refractivity contribution in [2.75, 3.05) is 54.6 Å². The summed E-state index contributed by atoms with van der Waals surface area (Å²) in [5.74, 6) is -3.54. The van der Waals surface area contributed by atoms with Crippen LogP contribution in [-0.4, -0.2) is 165 Å². The second kappa shape index (κ2) is 36.6. The molecule has 0 saturated carbocycles. The van der Waals surface area contributed by atoms with Gasteiger partial charge in [-0.1, -0.05) is 70.9 Å². The van der Waals surface area contributed by atoms with E-state index in [4.69, 9.17) is 23.9 Å². The van der Waals surface area contributed by atoms with Gasteiger partial charge in [-0.25, -0.2) is 9.78 Å². The van der Waals surface area contributed by atoms with E-state index in [1.165, 1.54) is 19.2 Å². The fraction of sp³-hybridized carbons (Fsp3) is 0.695. The van der Waals surface area contributed by atoms with Crippen molar-refractivity contribution in [1.82, 2.24) is 41.4 Å². The highest BCUT2D eigenvalue weighted by molar-refractivity contribution is 7.09. The predicted octanol–water partition coefficient (Wildman–Crippen LogP) is 6.43. The number of amides is 6. The normalized spacial score (nSPS) is 14.9. The molecule has 456 valence electrons. The zero-order valence-electron chi connectivity index (χ0n) is 50.9. The van der Waals surface area contributed by atoms with Crippen molar-refractivity contribution in [1.29, 1.82) is 0 Å². The number of methoxy groups -OCH3 is 1. The average molecular weight is 1160 g/mol. The number of rotatable bonds is 40. The van der Waals surface area contributed by atoms with Gasteiger partial charge in [0.15, 0.2) is 17.7 Å². The largest absolute Gasteiger partial charge is 0.465 e. The molecule has 0 saturated heterocycles. The third-order valence-electron chi connectivity index (χ3n) is 14.9. The number of nitrogens with one attached hydrogen (secondary N) is 5. The van der Waals surface area contributed by atoms with E-state index in [1.807, 2.05) is 91.7 Å². The molecule has 5 unspecified atom stereocenters. The number of carbonyl (C=O) groups excluding carboxylic acids is 9. The fourth-order valence-corrected chi connectivity index (χ4v) is 9.64. The fourth-order valence-electron chi connectivity index (χ4n) is 8.80. The molecule has 1 heterocycles. The summed E-state index contributed by atoms with van der Waals surface area (Å²) in [6.45, 7) is 21.6. The van der Waals surface area contributed by atoms with E-state index in [1.54, 1.807) is 32.9 Å². The van der Waals surface area contributed by atoms with Gasteiger partial charge >= 0.3 is 6.09 Å². The van der Waals surface area contributed by atoms with E-state index in [0.29, 0.717) is 84.2 Å². The molecule has 5 N–H and O–H groups in total. The number of likely N-dealkylation sites (N-methyl/N-ethyl adjacent to an activating group) is 1. The highest BCUT2D eigenvalue weighted by Crippen LogP contribution is 2.33. The minimum atomic E-state index is -1.25. The summed E-state index contributed by atoms with van der Waals surface area (Å²) in [4.78, 5) is 128. The van der Waals surface area contributed by atoms with Crippen LogP contribution in [0.15, 0.2) is 29.6 Å². The lowest BCUT2D eigenvalue weighted by molar-refractivity contribution is -0.143. The van der Waals surface area contributed by atoms with Crippen molar-refractivity contribution in [3.8, 4) is 0 Å². The Labute approximate surface area is 485 Å². The Morgan fingerprint density at radius 3 is 2.07 bits per heavy atom. The Morgan fingerprint density at radius 1 is 0.815 bits per heavy atom. The van der Waals surface area contributed by atoms with E-state index in [0.717, 1.165) is 22.5 Å². The van der Waals surface area contributed by atoms with Crippen molar-refractivity contribution in [3.63, 3.8) is 0 Å². The number of hydrogen-bond donors (Lipinski definition) is 5. The number of Topliss-reactive ketones (excluding diaryl/α,β-unsaturated/α-hetero) is 2. The van der Waals surface area contributed by atoms with Crippen LogP contribution < -0.4 is 26.6 Å². The van der Waals surface area contributed by atoms with Crippen molar-refractivity contribution in [2.45, 2.75) is 195 Å². The third-order valence-corrected chi connectivity index (χ3v) is 15.9. The van der Waals surface area contributed by atoms with Crippen LogP contribution in [0.5, 0.6) is 0 Å². The molecule has 0 fully saturated rings. The Hall–Kier alpha value is -5.84. The monoisotopic (exact) mass is 1160 g/mol. The van der Waals surface area contributed by atoms with E-state index in [2.05, 4.69) is 26.6 Å². The summed E-state index contributed by atoms with van der Waals surface area (Å²) < 4.78 is 21.8. The molecule has 2 aromatic rings. The number of carbonyl (C=O) groups is 9.